The van der Waals surface area contributed by atoms with Crippen molar-refractivity contribution in [2.45, 2.75) is 12.8 Å². The number of benzene rings is 1. The Morgan fingerprint density at radius 1 is 1.44 bits per heavy atom. The molecule has 0 unspecified atom stereocenters. The molecule has 1 heterocycles. The van der Waals surface area contributed by atoms with Crippen LogP contribution in [0.3, 0.4) is 0 Å². The number of imidazole rings is 1. The maximum atomic E-state index is 13.6. The highest BCUT2D eigenvalue weighted by Gasteiger charge is 2.07. The first-order valence-electron chi connectivity index (χ1n) is 5.73. The largest absolute Gasteiger partial charge is 0.494 e. The number of nitrogens with one attached hydrogen (secondary N) is 1. The van der Waals surface area contributed by atoms with Gasteiger partial charge in [-0.15, -0.1) is 0 Å². The Morgan fingerprint density at radius 2 is 2.28 bits per heavy atom. The summed E-state index contributed by atoms with van der Waals surface area (Å²) in [7, 11) is 1.43. The van der Waals surface area contributed by atoms with E-state index in [2.05, 4.69) is 9.97 Å². The molecule has 2 N–H and O–H groups in total. The van der Waals surface area contributed by atoms with Crippen LogP contribution in [0.5, 0.6) is 5.75 Å². The van der Waals surface area contributed by atoms with E-state index < -0.39 is 5.82 Å². The number of hydrogen-bond acceptors (Lipinski definition) is 3. The van der Waals surface area contributed by atoms with Gasteiger partial charge in [0.05, 0.1) is 19.0 Å². The lowest BCUT2D eigenvalue weighted by molar-refractivity contribution is 0.287. The Kier molecular flexibility index (Phi) is 3.94. The van der Waals surface area contributed by atoms with E-state index >= 15 is 0 Å². The SMILES string of the molecule is COc1ccc(-c2cnc(CCCO)[nH]2)cc1F. The number of rotatable bonds is 5. The van der Waals surface area contributed by atoms with Crippen molar-refractivity contribution in [2.75, 3.05) is 13.7 Å². The first-order chi connectivity index (χ1) is 8.74. The summed E-state index contributed by atoms with van der Waals surface area (Å²) in [5, 5.41) is 8.74. The van der Waals surface area contributed by atoms with Crippen LogP contribution in [-0.4, -0.2) is 28.8 Å². The molecule has 4 nitrogen and oxygen atoms in total. The minimum atomic E-state index is -0.401. The zero-order valence-electron chi connectivity index (χ0n) is 10.1. The lowest BCUT2D eigenvalue weighted by Gasteiger charge is -2.03. The van der Waals surface area contributed by atoms with E-state index in [1.807, 2.05) is 0 Å². The predicted octanol–water partition coefficient (Wildman–Crippen LogP) is 2.15. The summed E-state index contributed by atoms with van der Waals surface area (Å²) >= 11 is 0. The van der Waals surface area contributed by atoms with Crippen LogP contribution in [0.15, 0.2) is 24.4 Å². The summed E-state index contributed by atoms with van der Waals surface area (Å²) in [6.07, 6.45) is 2.99. The maximum absolute atomic E-state index is 13.6. The average Bonchev–Trinajstić information content (AvgIpc) is 2.85. The van der Waals surface area contributed by atoms with Gasteiger partial charge in [0.15, 0.2) is 11.6 Å². The second-order valence-corrected chi connectivity index (χ2v) is 3.92. The number of aliphatic hydroxyl groups excluding tert-OH is 1. The Bertz CT molecular complexity index is 525. The summed E-state index contributed by atoms with van der Waals surface area (Å²) in [5.74, 6) is 0.607. The second-order valence-electron chi connectivity index (χ2n) is 3.92. The molecule has 18 heavy (non-hydrogen) atoms. The van der Waals surface area contributed by atoms with Gasteiger partial charge in [0.1, 0.15) is 5.82 Å². The molecule has 0 fully saturated rings. The van der Waals surface area contributed by atoms with Crippen molar-refractivity contribution in [1.82, 2.24) is 9.97 Å². The van der Waals surface area contributed by atoms with E-state index in [0.717, 1.165) is 17.1 Å². The summed E-state index contributed by atoms with van der Waals surface area (Å²) in [6, 6.07) is 4.76. The van der Waals surface area contributed by atoms with Crippen molar-refractivity contribution in [1.29, 1.82) is 0 Å². The summed E-state index contributed by atoms with van der Waals surface area (Å²) in [6.45, 7) is 0.132. The number of hydrogen-bond donors (Lipinski definition) is 2. The van der Waals surface area contributed by atoms with Crippen LogP contribution in [0.1, 0.15) is 12.2 Å². The van der Waals surface area contributed by atoms with Crippen LogP contribution in [0, 0.1) is 5.82 Å². The highest BCUT2D eigenvalue weighted by molar-refractivity contribution is 5.59. The highest BCUT2D eigenvalue weighted by Crippen LogP contribution is 2.24. The number of H-pyrrole nitrogens is 1. The Balaban J connectivity index is 2.20. The van der Waals surface area contributed by atoms with Crippen molar-refractivity contribution in [3.63, 3.8) is 0 Å². The van der Waals surface area contributed by atoms with Crippen LogP contribution in [0.4, 0.5) is 4.39 Å². The lowest BCUT2D eigenvalue weighted by atomic mass is 10.1. The molecule has 0 spiro atoms. The van der Waals surface area contributed by atoms with E-state index in [1.165, 1.54) is 13.2 Å². The minimum Gasteiger partial charge on any atom is -0.494 e. The number of aromatic amines is 1. The summed E-state index contributed by atoms with van der Waals surface area (Å²) in [4.78, 5) is 7.28. The Morgan fingerprint density at radius 3 is 2.94 bits per heavy atom. The van der Waals surface area contributed by atoms with Gasteiger partial charge in [0, 0.05) is 18.6 Å². The molecule has 0 aliphatic carbocycles. The van der Waals surface area contributed by atoms with Crippen LogP contribution in [-0.2, 0) is 6.42 Å². The fraction of sp³-hybridized carbons (Fsp3) is 0.308. The number of aryl methyl sites for hydroxylation is 1. The van der Waals surface area contributed by atoms with Crippen LogP contribution < -0.4 is 4.74 Å². The van der Waals surface area contributed by atoms with Crippen LogP contribution in [0.25, 0.3) is 11.3 Å². The topological polar surface area (TPSA) is 58.1 Å². The molecule has 96 valence electrons. The van der Waals surface area contributed by atoms with Crippen molar-refractivity contribution >= 4 is 0 Å². The van der Waals surface area contributed by atoms with Gasteiger partial charge >= 0.3 is 0 Å². The van der Waals surface area contributed by atoms with Crippen molar-refractivity contribution in [3.8, 4) is 17.0 Å². The first-order valence-corrected chi connectivity index (χ1v) is 5.73. The molecule has 2 rings (SSSR count). The van der Waals surface area contributed by atoms with E-state index in [4.69, 9.17) is 9.84 Å². The predicted molar refractivity (Wildman–Crippen MR) is 65.9 cm³/mol. The first kappa shape index (κ1) is 12.6. The zero-order chi connectivity index (χ0) is 13.0. The Labute approximate surface area is 104 Å². The quantitative estimate of drug-likeness (QED) is 0.854. The third-order valence-electron chi connectivity index (χ3n) is 2.66. The summed E-state index contributed by atoms with van der Waals surface area (Å²) < 4.78 is 18.4. The van der Waals surface area contributed by atoms with Crippen LogP contribution in [0.2, 0.25) is 0 Å². The van der Waals surface area contributed by atoms with Crippen molar-refractivity contribution in [2.24, 2.45) is 0 Å². The zero-order valence-corrected chi connectivity index (χ0v) is 10.1. The number of aromatic nitrogens is 2. The van der Waals surface area contributed by atoms with E-state index in [0.29, 0.717) is 12.8 Å². The number of methoxy groups -OCH3 is 1. The molecule has 0 bridgehead atoms. The lowest BCUT2D eigenvalue weighted by Crippen LogP contribution is -1.92. The fourth-order valence-electron chi connectivity index (χ4n) is 1.72. The smallest absolute Gasteiger partial charge is 0.165 e. The molecule has 1 aromatic heterocycles. The van der Waals surface area contributed by atoms with Gasteiger partial charge in [-0.05, 0) is 24.6 Å². The normalized spacial score (nSPS) is 10.6. The third kappa shape index (κ3) is 2.68. The van der Waals surface area contributed by atoms with Crippen LogP contribution >= 0.6 is 0 Å². The maximum Gasteiger partial charge on any atom is 0.165 e. The van der Waals surface area contributed by atoms with Gasteiger partial charge in [0.2, 0.25) is 0 Å². The highest BCUT2D eigenvalue weighted by atomic mass is 19.1. The molecule has 0 aliphatic heterocycles. The number of aliphatic hydroxyl groups is 1. The monoisotopic (exact) mass is 250 g/mol. The van der Waals surface area contributed by atoms with E-state index in [9.17, 15) is 4.39 Å². The van der Waals surface area contributed by atoms with Gasteiger partial charge in [-0.1, -0.05) is 0 Å². The van der Waals surface area contributed by atoms with Gasteiger partial charge < -0.3 is 14.8 Å². The second kappa shape index (κ2) is 5.64. The molecular weight excluding hydrogens is 235 g/mol. The standard InChI is InChI=1S/C13H15FN2O2/c1-18-12-5-4-9(7-10(12)14)11-8-15-13(16-11)3-2-6-17/h4-5,7-8,17H,2-3,6H2,1H3,(H,15,16). The molecule has 2 aromatic rings. The number of halogens is 1. The van der Waals surface area contributed by atoms with Crippen molar-refractivity contribution < 1.29 is 14.2 Å². The molecular formula is C13H15FN2O2. The molecule has 0 atom stereocenters. The Hall–Kier alpha value is -1.88. The van der Waals surface area contributed by atoms with E-state index in [1.54, 1.807) is 18.3 Å². The third-order valence-corrected chi connectivity index (χ3v) is 2.66. The summed E-state index contributed by atoms with van der Waals surface area (Å²) in [5.41, 5.74) is 1.47. The average molecular weight is 250 g/mol. The van der Waals surface area contributed by atoms with Gasteiger partial charge in [-0.2, -0.15) is 0 Å². The van der Waals surface area contributed by atoms with Gasteiger partial charge in [-0.3, -0.25) is 0 Å². The molecule has 0 saturated heterocycles. The molecule has 0 saturated carbocycles. The number of nitrogens with zero attached hydrogens (tertiary/aromatic N) is 1. The fourth-order valence-corrected chi connectivity index (χ4v) is 1.72. The molecule has 0 aliphatic rings. The molecule has 0 radical (unpaired) electrons. The van der Waals surface area contributed by atoms with Gasteiger partial charge in [-0.25, -0.2) is 9.37 Å². The van der Waals surface area contributed by atoms with E-state index in [-0.39, 0.29) is 12.4 Å². The molecule has 0 amide bonds. The minimum absolute atomic E-state index is 0.132. The number of ether oxygens (including phenoxy) is 1. The molecule has 1 aromatic carbocycles. The molecule has 5 heteroatoms. The van der Waals surface area contributed by atoms with Crippen molar-refractivity contribution in [3.05, 3.63) is 36.0 Å². The van der Waals surface area contributed by atoms with Gasteiger partial charge in [0.25, 0.3) is 0 Å².